The lowest BCUT2D eigenvalue weighted by atomic mass is 9.84. The Hall–Kier alpha value is -1.02. The third-order valence-corrected chi connectivity index (χ3v) is 4.75. The van der Waals surface area contributed by atoms with E-state index in [1.54, 1.807) is 0 Å². The Morgan fingerprint density at radius 2 is 2.00 bits per heavy atom. The van der Waals surface area contributed by atoms with Crippen LogP contribution < -0.4 is 10.1 Å². The van der Waals surface area contributed by atoms with Crippen molar-refractivity contribution in [1.29, 1.82) is 0 Å². The summed E-state index contributed by atoms with van der Waals surface area (Å²) in [6, 6.07) is 9.62. The van der Waals surface area contributed by atoms with Crippen LogP contribution >= 0.6 is 0 Å². The van der Waals surface area contributed by atoms with E-state index >= 15 is 0 Å². The molecular weight excluding hydrogens is 246 g/mol. The Kier molecular flexibility index (Phi) is 3.76. The van der Waals surface area contributed by atoms with Gasteiger partial charge in [0, 0.05) is 24.1 Å². The number of nitrogens with one attached hydrogen (secondary N) is 1. The van der Waals surface area contributed by atoms with Crippen LogP contribution in [0.1, 0.15) is 64.5 Å². The van der Waals surface area contributed by atoms with Gasteiger partial charge >= 0.3 is 0 Å². The minimum atomic E-state index is -0.0771. The second-order valence-corrected chi connectivity index (χ2v) is 7.29. The molecule has 3 atom stereocenters. The van der Waals surface area contributed by atoms with Gasteiger partial charge in [0.05, 0.1) is 0 Å². The quantitative estimate of drug-likeness (QED) is 0.859. The Balaban J connectivity index is 1.78. The van der Waals surface area contributed by atoms with Crippen molar-refractivity contribution in [2.24, 2.45) is 5.92 Å². The van der Waals surface area contributed by atoms with Gasteiger partial charge in [-0.25, -0.2) is 0 Å². The molecule has 0 saturated heterocycles. The predicted octanol–water partition coefficient (Wildman–Crippen LogP) is 4.46. The van der Waals surface area contributed by atoms with E-state index in [1.165, 1.54) is 31.2 Å². The molecule has 0 bridgehead atoms. The molecule has 0 aromatic heterocycles. The van der Waals surface area contributed by atoms with E-state index in [1.807, 2.05) is 0 Å². The summed E-state index contributed by atoms with van der Waals surface area (Å²) in [6.07, 6.45) is 6.46. The van der Waals surface area contributed by atoms with Gasteiger partial charge in [-0.2, -0.15) is 0 Å². The highest BCUT2D eigenvalue weighted by atomic mass is 16.5. The maximum Gasteiger partial charge on any atom is 0.124 e. The standard InChI is InChI=1S/C18H27NO/c1-13-7-6-8-14(11-13)19-16-12-18(2,3)20-17-10-5-4-9-15(16)17/h4-5,9-10,13-14,16,19H,6-8,11-12H2,1-3H3. The Bertz CT molecular complexity index is 468. The molecule has 1 fully saturated rings. The highest BCUT2D eigenvalue weighted by Gasteiger charge is 2.34. The first-order valence-corrected chi connectivity index (χ1v) is 8.07. The van der Waals surface area contributed by atoms with Gasteiger partial charge < -0.3 is 10.1 Å². The van der Waals surface area contributed by atoms with E-state index in [-0.39, 0.29) is 5.60 Å². The Morgan fingerprint density at radius 1 is 1.20 bits per heavy atom. The maximum atomic E-state index is 6.12. The van der Waals surface area contributed by atoms with Crippen molar-refractivity contribution in [2.45, 2.75) is 70.6 Å². The Morgan fingerprint density at radius 3 is 2.80 bits per heavy atom. The average molecular weight is 273 g/mol. The van der Waals surface area contributed by atoms with E-state index < -0.39 is 0 Å². The van der Waals surface area contributed by atoms with E-state index in [4.69, 9.17) is 4.74 Å². The number of ether oxygens (including phenoxy) is 1. The van der Waals surface area contributed by atoms with Gasteiger partial charge in [-0.15, -0.1) is 0 Å². The van der Waals surface area contributed by atoms with Crippen LogP contribution in [0.4, 0.5) is 0 Å². The van der Waals surface area contributed by atoms with Crippen LogP contribution in [0.25, 0.3) is 0 Å². The van der Waals surface area contributed by atoms with E-state index in [0.717, 1.165) is 18.1 Å². The minimum Gasteiger partial charge on any atom is -0.487 e. The number of hydrogen-bond acceptors (Lipinski definition) is 2. The smallest absolute Gasteiger partial charge is 0.124 e. The van der Waals surface area contributed by atoms with E-state index in [9.17, 15) is 0 Å². The van der Waals surface area contributed by atoms with Crippen molar-refractivity contribution in [3.8, 4) is 5.75 Å². The van der Waals surface area contributed by atoms with Gasteiger partial charge in [0.25, 0.3) is 0 Å². The third kappa shape index (κ3) is 3.01. The minimum absolute atomic E-state index is 0.0771. The highest BCUT2D eigenvalue weighted by molar-refractivity contribution is 5.38. The van der Waals surface area contributed by atoms with Crippen LogP contribution in [0.3, 0.4) is 0 Å². The summed E-state index contributed by atoms with van der Waals surface area (Å²) in [6.45, 7) is 6.78. The van der Waals surface area contributed by atoms with Gasteiger partial charge in [-0.05, 0) is 38.7 Å². The normalized spacial score (nSPS) is 32.2. The second kappa shape index (κ2) is 5.40. The topological polar surface area (TPSA) is 21.3 Å². The summed E-state index contributed by atoms with van der Waals surface area (Å²) < 4.78 is 6.12. The van der Waals surface area contributed by atoms with Gasteiger partial charge in [0.15, 0.2) is 0 Å². The van der Waals surface area contributed by atoms with Crippen molar-refractivity contribution in [3.05, 3.63) is 29.8 Å². The SMILES string of the molecule is CC1CCCC(NC2CC(C)(C)Oc3ccccc32)C1. The molecule has 2 nitrogen and oxygen atoms in total. The molecule has 3 unspecified atom stereocenters. The summed E-state index contributed by atoms with van der Waals surface area (Å²) in [5.41, 5.74) is 1.26. The van der Waals surface area contributed by atoms with E-state index in [2.05, 4.69) is 50.4 Å². The number of hydrogen-bond donors (Lipinski definition) is 1. The Labute approximate surface area is 122 Å². The molecule has 1 aromatic carbocycles. The van der Waals surface area contributed by atoms with Crippen LogP contribution in [0.5, 0.6) is 5.75 Å². The first-order chi connectivity index (χ1) is 9.53. The van der Waals surface area contributed by atoms with E-state index in [0.29, 0.717) is 12.1 Å². The maximum absolute atomic E-state index is 6.12. The van der Waals surface area contributed by atoms with Gasteiger partial charge in [0.2, 0.25) is 0 Å². The molecule has 0 spiro atoms. The first-order valence-electron chi connectivity index (χ1n) is 8.07. The average Bonchev–Trinajstić information content (AvgIpc) is 2.37. The molecule has 20 heavy (non-hydrogen) atoms. The lowest BCUT2D eigenvalue weighted by Crippen LogP contribution is -2.43. The number of para-hydroxylation sites is 1. The molecule has 1 aliphatic heterocycles. The van der Waals surface area contributed by atoms with Crippen LogP contribution in [0.2, 0.25) is 0 Å². The second-order valence-electron chi connectivity index (χ2n) is 7.29. The largest absolute Gasteiger partial charge is 0.487 e. The summed E-state index contributed by atoms with van der Waals surface area (Å²) >= 11 is 0. The number of rotatable bonds is 2. The molecule has 3 rings (SSSR count). The summed E-state index contributed by atoms with van der Waals surface area (Å²) in [5.74, 6) is 1.93. The first kappa shape index (κ1) is 13.9. The number of benzene rings is 1. The predicted molar refractivity (Wildman–Crippen MR) is 83.1 cm³/mol. The lowest BCUT2D eigenvalue weighted by Gasteiger charge is -2.40. The van der Waals surface area contributed by atoms with Crippen molar-refractivity contribution in [2.75, 3.05) is 0 Å². The van der Waals surface area contributed by atoms with Crippen molar-refractivity contribution in [1.82, 2.24) is 5.32 Å². The lowest BCUT2D eigenvalue weighted by molar-refractivity contribution is 0.0615. The molecule has 0 radical (unpaired) electrons. The third-order valence-electron chi connectivity index (χ3n) is 4.75. The molecule has 110 valence electrons. The molecule has 1 heterocycles. The molecule has 1 saturated carbocycles. The molecule has 2 heteroatoms. The molecule has 1 aliphatic carbocycles. The monoisotopic (exact) mass is 273 g/mol. The fourth-order valence-electron chi connectivity index (χ4n) is 3.82. The van der Waals surface area contributed by atoms with Crippen LogP contribution in [0, 0.1) is 5.92 Å². The zero-order valence-electron chi connectivity index (χ0n) is 13.0. The van der Waals surface area contributed by atoms with Crippen molar-refractivity contribution < 1.29 is 4.74 Å². The summed E-state index contributed by atoms with van der Waals surface area (Å²) in [5, 5.41) is 3.92. The van der Waals surface area contributed by atoms with Gasteiger partial charge in [-0.1, -0.05) is 38.0 Å². The van der Waals surface area contributed by atoms with Gasteiger partial charge in [0.1, 0.15) is 11.4 Å². The van der Waals surface area contributed by atoms with Crippen LogP contribution in [-0.2, 0) is 0 Å². The highest BCUT2D eigenvalue weighted by Crippen LogP contribution is 2.40. The zero-order chi connectivity index (χ0) is 14.2. The molecule has 1 aromatic rings. The van der Waals surface area contributed by atoms with Crippen molar-refractivity contribution >= 4 is 0 Å². The molecule has 2 aliphatic rings. The van der Waals surface area contributed by atoms with Crippen molar-refractivity contribution in [3.63, 3.8) is 0 Å². The van der Waals surface area contributed by atoms with Gasteiger partial charge in [-0.3, -0.25) is 0 Å². The van der Waals surface area contributed by atoms with Crippen LogP contribution in [-0.4, -0.2) is 11.6 Å². The summed E-state index contributed by atoms with van der Waals surface area (Å²) in [4.78, 5) is 0. The molecule has 1 N–H and O–H groups in total. The fourth-order valence-corrected chi connectivity index (χ4v) is 3.82. The molecular formula is C18H27NO. The molecule has 0 amide bonds. The number of fused-ring (bicyclic) bond motifs is 1. The zero-order valence-corrected chi connectivity index (χ0v) is 13.0. The summed E-state index contributed by atoms with van der Waals surface area (Å²) in [7, 11) is 0. The fraction of sp³-hybridized carbons (Fsp3) is 0.667. The van der Waals surface area contributed by atoms with Crippen LogP contribution in [0.15, 0.2) is 24.3 Å².